The molecule has 0 bridgehead atoms. The van der Waals surface area contributed by atoms with Gasteiger partial charge in [0.15, 0.2) is 0 Å². The van der Waals surface area contributed by atoms with Crippen LogP contribution in [-0.4, -0.2) is 11.3 Å². The topological polar surface area (TPSA) is 69.0 Å². The lowest BCUT2D eigenvalue weighted by atomic mass is 10.2. The van der Waals surface area contributed by atoms with Gasteiger partial charge in [0, 0.05) is 10.8 Å². The van der Waals surface area contributed by atoms with Crippen molar-refractivity contribution in [2.75, 3.05) is 0 Å². The van der Waals surface area contributed by atoms with Gasteiger partial charge in [-0.25, -0.2) is 0 Å². The van der Waals surface area contributed by atoms with Crippen LogP contribution >= 0.6 is 0 Å². The molecule has 0 rings (SSSR count). The molecule has 0 aliphatic heterocycles. The number of hydrogen-bond acceptors (Lipinski definition) is 2. The highest BCUT2D eigenvalue weighted by atomic mass is 16.3. The second-order valence-corrected chi connectivity index (χ2v) is 1.66. The van der Waals surface area contributed by atoms with E-state index in [1.165, 1.54) is 0 Å². The molecule has 1 N–H and O–H groups in total. The van der Waals surface area contributed by atoms with Crippen LogP contribution in [0.25, 0.3) is 10.4 Å². The number of aliphatic hydroxyl groups is 1. The molecule has 0 heterocycles. The van der Waals surface area contributed by atoms with E-state index in [1.54, 1.807) is 13.8 Å². The minimum atomic E-state index is -0.958. The van der Waals surface area contributed by atoms with E-state index in [-0.39, 0.29) is 0 Å². The van der Waals surface area contributed by atoms with Gasteiger partial charge in [-0.1, -0.05) is 19.0 Å². The number of azide groups is 1. The van der Waals surface area contributed by atoms with Crippen molar-refractivity contribution >= 4 is 0 Å². The SMILES string of the molecule is C[C](C)C(O)N=[N+]=[N-]. The lowest BCUT2D eigenvalue weighted by molar-refractivity contribution is 0.196. The van der Waals surface area contributed by atoms with E-state index in [4.69, 9.17) is 10.6 Å². The van der Waals surface area contributed by atoms with E-state index in [0.717, 1.165) is 0 Å². The van der Waals surface area contributed by atoms with Gasteiger partial charge in [-0.15, -0.1) is 0 Å². The van der Waals surface area contributed by atoms with Crippen molar-refractivity contribution in [3.8, 4) is 0 Å². The lowest BCUT2D eigenvalue weighted by Crippen LogP contribution is -2.07. The average molecular weight is 114 g/mol. The predicted molar refractivity (Wildman–Crippen MR) is 29.7 cm³/mol. The summed E-state index contributed by atoms with van der Waals surface area (Å²) in [5, 5.41) is 11.7. The maximum atomic E-state index is 8.67. The van der Waals surface area contributed by atoms with E-state index in [0.29, 0.717) is 5.92 Å². The van der Waals surface area contributed by atoms with E-state index in [9.17, 15) is 0 Å². The Kier molecular flexibility index (Phi) is 2.99. The van der Waals surface area contributed by atoms with Gasteiger partial charge in [-0.2, -0.15) is 0 Å². The first-order valence-corrected chi connectivity index (χ1v) is 2.21. The van der Waals surface area contributed by atoms with Crippen molar-refractivity contribution in [3.05, 3.63) is 16.4 Å². The summed E-state index contributed by atoms with van der Waals surface area (Å²) in [4.78, 5) is 2.41. The molecule has 0 aromatic rings. The molecule has 1 unspecified atom stereocenters. The molecule has 0 saturated heterocycles. The molecule has 0 aliphatic rings. The van der Waals surface area contributed by atoms with Crippen molar-refractivity contribution in [1.29, 1.82) is 0 Å². The second-order valence-electron chi connectivity index (χ2n) is 1.66. The number of nitrogens with zero attached hydrogens (tertiary/aromatic N) is 3. The van der Waals surface area contributed by atoms with Gasteiger partial charge in [0.1, 0.15) is 6.23 Å². The summed E-state index contributed by atoms with van der Waals surface area (Å²) in [5.41, 5.74) is 7.77. The van der Waals surface area contributed by atoms with Crippen LogP contribution in [-0.2, 0) is 0 Å². The van der Waals surface area contributed by atoms with E-state index < -0.39 is 6.23 Å². The summed E-state index contributed by atoms with van der Waals surface area (Å²) in [5.74, 6) is 0.697. The van der Waals surface area contributed by atoms with Gasteiger partial charge in [0.25, 0.3) is 0 Å². The molecule has 4 heteroatoms. The Morgan fingerprint density at radius 1 is 1.75 bits per heavy atom. The van der Waals surface area contributed by atoms with Gasteiger partial charge < -0.3 is 5.11 Å². The summed E-state index contributed by atoms with van der Waals surface area (Å²) < 4.78 is 0. The zero-order chi connectivity index (χ0) is 6.57. The number of hydrogen-bond donors (Lipinski definition) is 1. The lowest BCUT2D eigenvalue weighted by Gasteiger charge is -2.03. The third-order valence-corrected chi connectivity index (χ3v) is 0.677. The molecule has 0 amide bonds. The monoisotopic (exact) mass is 114 g/mol. The molecule has 45 valence electrons. The van der Waals surface area contributed by atoms with Crippen LogP contribution < -0.4 is 0 Å². The Labute approximate surface area is 47.8 Å². The van der Waals surface area contributed by atoms with E-state index >= 15 is 0 Å². The molecular formula is C4H8N3O. The van der Waals surface area contributed by atoms with Crippen LogP contribution in [0.2, 0.25) is 0 Å². The molecule has 0 aromatic heterocycles. The molecular weight excluding hydrogens is 106 g/mol. The first-order chi connectivity index (χ1) is 3.68. The van der Waals surface area contributed by atoms with Crippen molar-refractivity contribution < 1.29 is 5.11 Å². The summed E-state index contributed by atoms with van der Waals surface area (Å²) in [7, 11) is 0. The Hall–Kier alpha value is -0.730. The molecule has 0 saturated carbocycles. The van der Waals surface area contributed by atoms with Gasteiger partial charge in [-0.05, 0) is 5.53 Å². The summed E-state index contributed by atoms with van der Waals surface area (Å²) in [6.07, 6.45) is -0.958. The van der Waals surface area contributed by atoms with Crippen molar-refractivity contribution in [3.63, 3.8) is 0 Å². The molecule has 4 nitrogen and oxygen atoms in total. The maximum absolute atomic E-state index is 8.67. The molecule has 0 spiro atoms. The molecule has 1 atom stereocenters. The van der Waals surface area contributed by atoms with Crippen molar-refractivity contribution in [2.45, 2.75) is 20.1 Å². The molecule has 8 heavy (non-hydrogen) atoms. The summed E-state index contributed by atoms with van der Waals surface area (Å²) >= 11 is 0. The zero-order valence-electron chi connectivity index (χ0n) is 4.87. The highest BCUT2D eigenvalue weighted by molar-refractivity contribution is 4.84. The quantitative estimate of drug-likeness (QED) is 0.327. The van der Waals surface area contributed by atoms with E-state index in [2.05, 4.69) is 10.0 Å². The predicted octanol–water partition coefficient (Wildman–Crippen LogP) is 1.23. The fourth-order valence-electron chi connectivity index (χ4n) is 0.164. The van der Waals surface area contributed by atoms with Crippen LogP contribution in [0.15, 0.2) is 5.11 Å². The van der Waals surface area contributed by atoms with Gasteiger partial charge in [-0.3, -0.25) is 0 Å². The van der Waals surface area contributed by atoms with Crippen molar-refractivity contribution in [2.24, 2.45) is 5.11 Å². The van der Waals surface area contributed by atoms with Crippen LogP contribution in [0.3, 0.4) is 0 Å². The molecule has 0 aromatic carbocycles. The van der Waals surface area contributed by atoms with Gasteiger partial charge in [0.05, 0.1) is 0 Å². The highest BCUT2D eigenvalue weighted by Gasteiger charge is 2.04. The Morgan fingerprint density at radius 2 is 2.25 bits per heavy atom. The number of rotatable bonds is 2. The van der Waals surface area contributed by atoms with Crippen LogP contribution in [0.4, 0.5) is 0 Å². The highest BCUT2D eigenvalue weighted by Crippen LogP contribution is 2.03. The first kappa shape index (κ1) is 7.27. The van der Waals surface area contributed by atoms with Crippen LogP contribution in [0.5, 0.6) is 0 Å². The normalized spacial score (nSPS) is 13.0. The van der Waals surface area contributed by atoms with Crippen LogP contribution in [0, 0.1) is 5.92 Å². The van der Waals surface area contributed by atoms with Crippen LogP contribution in [0.1, 0.15) is 13.8 Å². The van der Waals surface area contributed by atoms with E-state index in [1.807, 2.05) is 0 Å². The Bertz CT molecular complexity index is 106. The van der Waals surface area contributed by atoms with Gasteiger partial charge in [0.2, 0.25) is 0 Å². The third-order valence-electron chi connectivity index (χ3n) is 0.677. The Morgan fingerprint density at radius 3 is 2.38 bits per heavy atom. The van der Waals surface area contributed by atoms with Gasteiger partial charge >= 0.3 is 0 Å². The zero-order valence-corrected chi connectivity index (χ0v) is 4.87. The number of aliphatic hydroxyl groups excluding tert-OH is 1. The largest absolute Gasteiger partial charge is 0.387 e. The average Bonchev–Trinajstić information content (AvgIpc) is 1.67. The minimum absolute atomic E-state index is 0.697. The van der Waals surface area contributed by atoms with Crippen molar-refractivity contribution in [1.82, 2.24) is 0 Å². The molecule has 0 fully saturated rings. The fraction of sp³-hybridized carbons (Fsp3) is 0.750. The standard InChI is InChI=1S/C4H8N3O/c1-3(2)4(8)6-7-5/h4,8H,1-2H3. The molecule has 1 radical (unpaired) electrons. The maximum Gasteiger partial charge on any atom is 0.138 e. The summed E-state index contributed by atoms with van der Waals surface area (Å²) in [6, 6.07) is 0. The minimum Gasteiger partial charge on any atom is -0.387 e. The first-order valence-electron chi connectivity index (χ1n) is 2.21. The summed E-state index contributed by atoms with van der Waals surface area (Å²) in [6.45, 7) is 3.39. The third kappa shape index (κ3) is 2.44. The fourth-order valence-corrected chi connectivity index (χ4v) is 0.164. The smallest absolute Gasteiger partial charge is 0.138 e. The molecule has 0 aliphatic carbocycles. The second kappa shape index (κ2) is 3.29. The Balaban J connectivity index is 3.63.